The first-order chi connectivity index (χ1) is 11.1. The van der Waals surface area contributed by atoms with Crippen LogP contribution in [-0.4, -0.2) is 61.7 Å². The lowest BCUT2D eigenvalue weighted by Gasteiger charge is -2.32. The molecular formula is C17H26NO5+. The van der Waals surface area contributed by atoms with Crippen molar-refractivity contribution in [2.75, 3.05) is 33.4 Å². The van der Waals surface area contributed by atoms with Crippen LogP contribution in [0.15, 0.2) is 24.3 Å². The van der Waals surface area contributed by atoms with Crippen LogP contribution in [-0.2, 0) is 4.74 Å². The van der Waals surface area contributed by atoms with Gasteiger partial charge in [-0.1, -0.05) is 0 Å². The topological polar surface area (TPSA) is 80.4 Å². The predicted molar refractivity (Wildman–Crippen MR) is 84.7 cm³/mol. The number of methoxy groups -OCH3 is 1. The second kappa shape index (κ2) is 8.86. The number of benzene rings is 1. The Hall–Kier alpha value is -1.63. The summed E-state index contributed by atoms with van der Waals surface area (Å²) in [5, 5.41) is 19.6. The monoisotopic (exact) mass is 324 g/mol. The number of likely N-dealkylation sites (tertiary alicyclic amines) is 1. The Morgan fingerprint density at radius 2 is 2.09 bits per heavy atom. The molecule has 6 heteroatoms. The molecule has 0 saturated carbocycles. The van der Waals surface area contributed by atoms with Crippen molar-refractivity contribution in [3.8, 4) is 5.75 Å². The van der Waals surface area contributed by atoms with Crippen molar-refractivity contribution in [3.05, 3.63) is 29.8 Å². The number of piperidine rings is 1. The molecule has 2 rings (SSSR count). The van der Waals surface area contributed by atoms with Gasteiger partial charge in [-0.3, -0.25) is 0 Å². The van der Waals surface area contributed by atoms with Gasteiger partial charge in [-0.25, -0.2) is 4.79 Å². The van der Waals surface area contributed by atoms with E-state index in [1.807, 2.05) is 0 Å². The van der Waals surface area contributed by atoms with Crippen molar-refractivity contribution in [1.29, 1.82) is 0 Å². The van der Waals surface area contributed by atoms with Crippen LogP contribution in [0.4, 0.5) is 0 Å². The van der Waals surface area contributed by atoms with Gasteiger partial charge in [0, 0.05) is 6.42 Å². The maximum absolute atomic E-state index is 11.3. The van der Waals surface area contributed by atoms with Crippen LogP contribution in [0.3, 0.4) is 0 Å². The zero-order valence-electron chi connectivity index (χ0n) is 13.5. The van der Waals surface area contributed by atoms with Gasteiger partial charge in [0.05, 0.1) is 25.8 Å². The van der Waals surface area contributed by atoms with E-state index in [9.17, 15) is 15.0 Å². The third-order valence-corrected chi connectivity index (χ3v) is 4.31. The summed E-state index contributed by atoms with van der Waals surface area (Å²) in [5.74, 6) is 0.212. The number of quaternary nitrogens is 1. The third-order valence-electron chi connectivity index (χ3n) is 4.31. The molecule has 0 radical (unpaired) electrons. The molecule has 1 aromatic rings. The fraction of sp³-hybridized carbons (Fsp3) is 0.588. The molecule has 3 atom stereocenters. The van der Waals surface area contributed by atoms with Crippen LogP contribution in [0.1, 0.15) is 29.6 Å². The van der Waals surface area contributed by atoms with E-state index in [-0.39, 0.29) is 25.2 Å². The average molecular weight is 324 g/mol. The van der Waals surface area contributed by atoms with Crippen molar-refractivity contribution in [2.24, 2.45) is 0 Å². The number of nitrogens with one attached hydrogen (secondary N) is 1. The molecule has 1 aliphatic heterocycles. The minimum absolute atomic E-state index is 0.165. The van der Waals surface area contributed by atoms with Crippen molar-refractivity contribution in [1.82, 2.24) is 0 Å². The number of aliphatic hydroxyl groups excluding tert-OH is 2. The number of hydrogen-bond donors (Lipinski definition) is 3. The van der Waals surface area contributed by atoms with Gasteiger partial charge in [0.1, 0.15) is 31.0 Å². The molecule has 0 bridgehead atoms. The average Bonchev–Trinajstić information content (AvgIpc) is 2.60. The second-order valence-corrected chi connectivity index (χ2v) is 5.97. The molecule has 128 valence electrons. The Bertz CT molecular complexity index is 490. The van der Waals surface area contributed by atoms with E-state index in [4.69, 9.17) is 4.74 Å². The quantitative estimate of drug-likeness (QED) is 0.597. The highest BCUT2D eigenvalue weighted by atomic mass is 16.5. The van der Waals surface area contributed by atoms with Crippen LogP contribution < -0.4 is 9.64 Å². The smallest absolute Gasteiger partial charge is 0.337 e. The van der Waals surface area contributed by atoms with E-state index < -0.39 is 6.10 Å². The van der Waals surface area contributed by atoms with E-state index in [0.717, 1.165) is 25.8 Å². The number of esters is 1. The minimum Gasteiger partial charge on any atom is -0.491 e. The molecule has 3 N–H and O–H groups in total. The molecule has 1 aliphatic rings. The Morgan fingerprint density at radius 3 is 2.74 bits per heavy atom. The van der Waals surface area contributed by atoms with Crippen molar-refractivity contribution in [3.63, 3.8) is 0 Å². The maximum atomic E-state index is 11.3. The molecule has 1 saturated heterocycles. The van der Waals surface area contributed by atoms with E-state index in [1.54, 1.807) is 24.3 Å². The fourth-order valence-corrected chi connectivity index (χ4v) is 3.00. The lowest BCUT2D eigenvalue weighted by Crippen LogP contribution is -3.18. The van der Waals surface area contributed by atoms with E-state index in [0.29, 0.717) is 17.9 Å². The van der Waals surface area contributed by atoms with Crippen molar-refractivity contribution < 1.29 is 29.4 Å². The van der Waals surface area contributed by atoms with Gasteiger partial charge in [0.15, 0.2) is 0 Å². The Kier molecular flexibility index (Phi) is 6.83. The zero-order chi connectivity index (χ0) is 16.7. The summed E-state index contributed by atoms with van der Waals surface area (Å²) in [6.45, 7) is 1.92. The molecule has 6 nitrogen and oxygen atoms in total. The van der Waals surface area contributed by atoms with Crippen LogP contribution in [0.25, 0.3) is 0 Å². The summed E-state index contributed by atoms with van der Waals surface area (Å²) in [4.78, 5) is 12.6. The zero-order valence-corrected chi connectivity index (χ0v) is 13.5. The Morgan fingerprint density at radius 1 is 1.35 bits per heavy atom. The first kappa shape index (κ1) is 17.7. The highest BCUT2D eigenvalue weighted by Gasteiger charge is 2.27. The first-order valence-electron chi connectivity index (χ1n) is 8.08. The summed E-state index contributed by atoms with van der Waals surface area (Å²) in [6, 6.07) is 6.85. The third kappa shape index (κ3) is 5.20. The van der Waals surface area contributed by atoms with E-state index in [1.165, 1.54) is 12.0 Å². The SMILES string of the molecule is COC(=O)c1ccc(OC[C@H](O)C[NH+]2CCCC[C@@H]2CO)cc1. The fourth-order valence-electron chi connectivity index (χ4n) is 3.00. The van der Waals surface area contributed by atoms with Crippen LogP contribution in [0, 0.1) is 0 Å². The van der Waals surface area contributed by atoms with Crippen LogP contribution in [0.5, 0.6) is 5.75 Å². The highest BCUT2D eigenvalue weighted by molar-refractivity contribution is 5.89. The molecular weight excluding hydrogens is 298 g/mol. The number of carbonyl (C=O) groups is 1. The summed E-state index contributed by atoms with van der Waals surface area (Å²) in [6.07, 6.45) is 2.70. The van der Waals surface area contributed by atoms with Crippen LogP contribution >= 0.6 is 0 Å². The molecule has 1 fully saturated rings. The molecule has 0 spiro atoms. The number of aliphatic hydroxyl groups is 2. The van der Waals surface area contributed by atoms with Crippen molar-refractivity contribution >= 4 is 5.97 Å². The second-order valence-electron chi connectivity index (χ2n) is 5.97. The number of ether oxygens (including phenoxy) is 2. The summed E-state index contributed by atoms with van der Waals surface area (Å²) in [5.41, 5.74) is 0.462. The molecule has 1 heterocycles. The van der Waals surface area contributed by atoms with Gasteiger partial charge in [0.25, 0.3) is 0 Å². The maximum Gasteiger partial charge on any atom is 0.337 e. The molecule has 0 aliphatic carbocycles. The lowest BCUT2D eigenvalue weighted by atomic mass is 10.0. The number of hydrogen-bond acceptors (Lipinski definition) is 5. The van der Waals surface area contributed by atoms with Gasteiger partial charge in [0.2, 0.25) is 0 Å². The van der Waals surface area contributed by atoms with Gasteiger partial charge in [-0.15, -0.1) is 0 Å². The summed E-state index contributed by atoms with van der Waals surface area (Å²) >= 11 is 0. The largest absolute Gasteiger partial charge is 0.491 e. The minimum atomic E-state index is -0.586. The van der Waals surface area contributed by atoms with Gasteiger partial charge in [-0.05, 0) is 37.1 Å². The van der Waals surface area contributed by atoms with Gasteiger partial charge >= 0.3 is 5.97 Å². The van der Waals surface area contributed by atoms with Gasteiger partial charge < -0.3 is 24.6 Å². The number of rotatable bonds is 7. The standard InChI is InChI=1S/C17H25NO5/c1-22-17(21)13-5-7-16(8-6-13)23-12-15(20)10-18-9-3-2-4-14(18)11-19/h5-8,14-15,19-20H,2-4,9-12H2,1H3/p+1/t14-,15-/m1/s1. The van der Waals surface area contributed by atoms with E-state index >= 15 is 0 Å². The first-order valence-corrected chi connectivity index (χ1v) is 8.08. The molecule has 0 aromatic heterocycles. The molecule has 1 aromatic carbocycles. The molecule has 23 heavy (non-hydrogen) atoms. The molecule has 0 amide bonds. The highest BCUT2D eigenvalue weighted by Crippen LogP contribution is 2.13. The van der Waals surface area contributed by atoms with Gasteiger partial charge in [-0.2, -0.15) is 0 Å². The lowest BCUT2D eigenvalue weighted by molar-refractivity contribution is -0.933. The van der Waals surface area contributed by atoms with Crippen LogP contribution in [0.2, 0.25) is 0 Å². The number of carbonyl (C=O) groups excluding carboxylic acids is 1. The Labute approximate surface area is 136 Å². The Balaban J connectivity index is 1.79. The summed E-state index contributed by atoms with van der Waals surface area (Å²) < 4.78 is 10.2. The van der Waals surface area contributed by atoms with Crippen molar-refractivity contribution in [2.45, 2.75) is 31.4 Å². The predicted octanol–water partition coefficient (Wildman–Crippen LogP) is -0.357. The van der Waals surface area contributed by atoms with E-state index in [2.05, 4.69) is 4.74 Å². The normalized spacial score (nSPS) is 22.4. The molecule has 1 unspecified atom stereocenters. The summed E-state index contributed by atoms with van der Waals surface area (Å²) in [7, 11) is 1.34.